The lowest BCUT2D eigenvalue weighted by molar-refractivity contribution is 0.102. The summed E-state index contributed by atoms with van der Waals surface area (Å²) in [4.78, 5) is 12.6. The lowest BCUT2D eigenvalue weighted by Crippen LogP contribution is -2.12. The Balaban J connectivity index is 1.59. The second kappa shape index (κ2) is 7.25. The van der Waals surface area contributed by atoms with Crippen LogP contribution in [-0.2, 0) is 0 Å². The van der Waals surface area contributed by atoms with Gasteiger partial charge in [-0.1, -0.05) is 42.5 Å². The van der Waals surface area contributed by atoms with E-state index in [0.717, 1.165) is 16.8 Å². The van der Waals surface area contributed by atoms with E-state index in [0.29, 0.717) is 22.9 Å². The number of carbonyl (C=O) groups excluding carboxylic acids is 1. The Morgan fingerprint density at radius 2 is 1.48 bits per heavy atom. The molecule has 4 rings (SSSR count). The van der Waals surface area contributed by atoms with E-state index in [4.69, 9.17) is 4.42 Å². The van der Waals surface area contributed by atoms with Gasteiger partial charge in [0.05, 0.1) is 0 Å². The van der Waals surface area contributed by atoms with Crippen LogP contribution in [0, 0.1) is 6.92 Å². The molecule has 4 aromatic rings. The van der Waals surface area contributed by atoms with Crippen LogP contribution in [0.5, 0.6) is 0 Å². The van der Waals surface area contributed by atoms with Crippen molar-refractivity contribution in [2.45, 2.75) is 6.92 Å². The predicted octanol–water partition coefficient (Wildman–Crippen LogP) is 4.96. The van der Waals surface area contributed by atoms with Crippen LogP contribution in [0.2, 0.25) is 0 Å². The highest BCUT2D eigenvalue weighted by molar-refractivity contribution is 6.05. The van der Waals surface area contributed by atoms with Crippen LogP contribution in [0.15, 0.2) is 83.3 Å². The fourth-order valence-electron chi connectivity index (χ4n) is 2.74. The maximum Gasteiger partial charge on any atom is 0.255 e. The quantitative estimate of drug-likeness (QED) is 0.561. The second-order valence-corrected chi connectivity index (χ2v) is 6.13. The van der Waals surface area contributed by atoms with E-state index in [1.807, 2.05) is 67.6 Å². The van der Waals surface area contributed by atoms with Gasteiger partial charge in [-0.2, -0.15) is 0 Å². The largest absolute Gasteiger partial charge is 0.416 e. The van der Waals surface area contributed by atoms with Crippen molar-refractivity contribution in [3.8, 4) is 22.9 Å². The monoisotopic (exact) mass is 355 g/mol. The molecule has 1 amide bonds. The molecule has 0 aliphatic heterocycles. The van der Waals surface area contributed by atoms with Gasteiger partial charge >= 0.3 is 0 Å². The summed E-state index contributed by atoms with van der Waals surface area (Å²) in [5.41, 5.74) is 3.87. The molecule has 132 valence electrons. The Morgan fingerprint density at radius 1 is 0.815 bits per heavy atom. The maximum absolute atomic E-state index is 12.6. The van der Waals surface area contributed by atoms with Crippen LogP contribution < -0.4 is 5.32 Å². The smallest absolute Gasteiger partial charge is 0.255 e. The molecule has 0 unspecified atom stereocenters. The first-order chi connectivity index (χ1) is 13.2. The van der Waals surface area contributed by atoms with Gasteiger partial charge in [-0.25, -0.2) is 0 Å². The van der Waals surface area contributed by atoms with E-state index in [9.17, 15) is 4.79 Å². The standard InChI is InChI=1S/C22H17N3O2/c1-15-8-5-6-13-19(15)23-20(26)17-11-7-12-18(14-17)22-25-24-21(27-22)16-9-3-2-4-10-16/h2-14H,1H3,(H,23,26). The summed E-state index contributed by atoms with van der Waals surface area (Å²) in [7, 11) is 0. The van der Waals surface area contributed by atoms with E-state index >= 15 is 0 Å². The van der Waals surface area contributed by atoms with Gasteiger partial charge in [-0.3, -0.25) is 4.79 Å². The van der Waals surface area contributed by atoms with Crippen molar-refractivity contribution >= 4 is 11.6 Å². The Kier molecular flexibility index (Phi) is 4.49. The first-order valence-electron chi connectivity index (χ1n) is 8.57. The van der Waals surface area contributed by atoms with E-state index in [-0.39, 0.29) is 5.91 Å². The van der Waals surface area contributed by atoms with E-state index in [1.165, 1.54) is 0 Å². The summed E-state index contributed by atoms with van der Waals surface area (Å²) >= 11 is 0. The van der Waals surface area contributed by atoms with E-state index in [2.05, 4.69) is 15.5 Å². The number of para-hydroxylation sites is 1. The number of nitrogens with zero attached hydrogens (tertiary/aromatic N) is 2. The van der Waals surface area contributed by atoms with Crippen LogP contribution in [0.3, 0.4) is 0 Å². The fraction of sp³-hybridized carbons (Fsp3) is 0.0455. The van der Waals surface area contributed by atoms with Crippen LogP contribution in [-0.4, -0.2) is 16.1 Å². The van der Waals surface area contributed by atoms with Gasteiger partial charge < -0.3 is 9.73 Å². The Hall–Kier alpha value is -3.73. The molecule has 0 spiro atoms. The molecule has 0 aliphatic rings. The van der Waals surface area contributed by atoms with Crippen molar-refractivity contribution in [3.63, 3.8) is 0 Å². The number of hydrogen-bond donors (Lipinski definition) is 1. The number of benzene rings is 3. The molecule has 0 saturated heterocycles. The average molecular weight is 355 g/mol. The minimum atomic E-state index is -0.186. The number of anilines is 1. The van der Waals surface area contributed by atoms with Gasteiger partial charge in [0.2, 0.25) is 11.8 Å². The Labute approximate surface area is 156 Å². The summed E-state index contributed by atoms with van der Waals surface area (Å²) < 4.78 is 5.77. The number of hydrogen-bond acceptors (Lipinski definition) is 4. The molecular formula is C22H17N3O2. The van der Waals surface area contributed by atoms with Gasteiger partial charge in [-0.15, -0.1) is 10.2 Å². The minimum absolute atomic E-state index is 0.186. The second-order valence-electron chi connectivity index (χ2n) is 6.13. The van der Waals surface area contributed by atoms with Crippen molar-refractivity contribution in [1.29, 1.82) is 0 Å². The Morgan fingerprint density at radius 3 is 2.26 bits per heavy atom. The summed E-state index contributed by atoms with van der Waals surface area (Å²) in [5, 5.41) is 11.1. The summed E-state index contributed by atoms with van der Waals surface area (Å²) in [6, 6.07) is 24.4. The fourth-order valence-corrected chi connectivity index (χ4v) is 2.74. The number of nitrogens with one attached hydrogen (secondary N) is 1. The lowest BCUT2D eigenvalue weighted by atomic mass is 10.1. The molecule has 0 fully saturated rings. The molecule has 1 heterocycles. The van der Waals surface area contributed by atoms with Crippen LogP contribution in [0.4, 0.5) is 5.69 Å². The summed E-state index contributed by atoms with van der Waals surface area (Å²) in [6.07, 6.45) is 0. The summed E-state index contributed by atoms with van der Waals surface area (Å²) in [6.45, 7) is 1.95. The van der Waals surface area contributed by atoms with Crippen molar-refractivity contribution in [1.82, 2.24) is 10.2 Å². The first-order valence-corrected chi connectivity index (χ1v) is 8.57. The predicted molar refractivity (Wildman–Crippen MR) is 104 cm³/mol. The number of carbonyl (C=O) groups is 1. The molecule has 0 atom stereocenters. The highest BCUT2D eigenvalue weighted by Gasteiger charge is 2.13. The SMILES string of the molecule is Cc1ccccc1NC(=O)c1cccc(-c2nnc(-c3ccccc3)o2)c1. The summed E-state index contributed by atoms with van der Waals surface area (Å²) in [5.74, 6) is 0.633. The van der Waals surface area contributed by atoms with Crippen molar-refractivity contribution in [3.05, 3.63) is 90.0 Å². The van der Waals surface area contributed by atoms with E-state index in [1.54, 1.807) is 18.2 Å². The molecule has 5 nitrogen and oxygen atoms in total. The van der Waals surface area contributed by atoms with Gasteiger partial charge in [0.1, 0.15) is 0 Å². The minimum Gasteiger partial charge on any atom is -0.416 e. The van der Waals surface area contributed by atoms with Crippen LogP contribution in [0.1, 0.15) is 15.9 Å². The molecule has 1 N–H and O–H groups in total. The van der Waals surface area contributed by atoms with Gasteiger partial charge in [-0.05, 0) is 48.9 Å². The normalized spacial score (nSPS) is 10.6. The molecule has 0 saturated carbocycles. The number of amides is 1. The number of rotatable bonds is 4. The van der Waals surface area contributed by atoms with Crippen LogP contribution >= 0.6 is 0 Å². The highest BCUT2D eigenvalue weighted by Crippen LogP contribution is 2.24. The lowest BCUT2D eigenvalue weighted by Gasteiger charge is -2.08. The zero-order chi connectivity index (χ0) is 18.6. The van der Waals surface area contributed by atoms with Crippen molar-refractivity contribution in [2.75, 3.05) is 5.32 Å². The van der Waals surface area contributed by atoms with Gasteiger partial charge in [0, 0.05) is 22.4 Å². The molecule has 5 heteroatoms. The molecule has 0 aliphatic carbocycles. The van der Waals surface area contributed by atoms with Crippen LogP contribution in [0.25, 0.3) is 22.9 Å². The van der Waals surface area contributed by atoms with Crippen molar-refractivity contribution in [2.24, 2.45) is 0 Å². The molecule has 3 aromatic carbocycles. The maximum atomic E-state index is 12.6. The third kappa shape index (κ3) is 3.62. The van der Waals surface area contributed by atoms with Gasteiger partial charge in [0.15, 0.2) is 0 Å². The zero-order valence-corrected chi connectivity index (χ0v) is 14.7. The first kappa shape index (κ1) is 16.7. The average Bonchev–Trinajstić information content (AvgIpc) is 3.21. The number of aromatic nitrogens is 2. The molecule has 1 aromatic heterocycles. The zero-order valence-electron chi connectivity index (χ0n) is 14.7. The topological polar surface area (TPSA) is 68.0 Å². The van der Waals surface area contributed by atoms with E-state index < -0.39 is 0 Å². The van der Waals surface area contributed by atoms with Gasteiger partial charge in [0.25, 0.3) is 5.91 Å². The Bertz CT molecular complexity index is 1090. The third-order valence-corrected chi connectivity index (χ3v) is 4.21. The molecule has 0 radical (unpaired) electrons. The third-order valence-electron chi connectivity index (χ3n) is 4.21. The molecule has 27 heavy (non-hydrogen) atoms. The molecular weight excluding hydrogens is 338 g/mol. The molecule has 0 bridgehead atoms. The van der Waals surface area contributed by atoms with Crippen molar-refractivity contribution < 1.29 is 9.21 Å². The highest BCUT2D eigenvalue weighted by atomic mass is 16.4. The number of aryl methyl sites for hydroxylation is 1.